The fraction of sp³-hybridized carbons (Fsp3) is 0.455. The number of hydrogen-bond acceptors (Lipinski definition) is 4. The predicted octanol–water partition coefficient (Wildman–Crippen LogP) is 5.27. The Morgan fingerprint density at radius 3 is 2.08 bits per heavy atom. The molecule has 0 fully saturated rings. The third-order valence-corrected chi connectivity index (χ3v) is 4.60. The van der Waals surface area contributed by atoms with Gasteiger partial charge in [-0.2, -0.15) is 0 Å². The summed E-state index contributed by atoms with van der Waals surface area (Å²) < 4.78 is 11.5. The van der Waals surface area contributed by atoms with Crippen LogP contribution in [-0.2, 0) is 0 Å². The van der Waals surface area contributed by atoms with Gasteiger partial charge in [-0.1, -0.05) is 43.9 Å². The van der Waals surface area contributed by atoms with Crippen molar-refractivity contribution in [3.63, 3.8) is 0 Å². The van der Waals surface area contributed by atoms with Crippen LogP contribution in [0.4, 0.5) is 11.4 Å². The highest BCUT2D eigenvalue weighted by Gasteiger charge is 2.02. The number of unbranched alkanes of at least 4 members (excludes halogenated alkanes) is 5. The van der Waals surface area contributed by atoms with Crippen LogP contribution >= 0.6 is 0 Å². The fourth-order valence-corrected chi connectivity index (χ4v) is 2.77. The van der Waals surface area contributed by atoms with Gasteiger partial charge < -0.3 is 20.9 Å². The maximum Gasteiger partial charge on any atom is 0.142 e. The number of aryl methyl sites for hydroxylation is 2. The van der Waals surface area contributed by atoms with Crippen LogP contribution in [0.25, 0.3) is 0 Å². The summed E-state index contributed by atoms with van der Waals surface area (Å²) in [4.78, 5) is 0. The molecular weight excluding hydrogens is 324 g/mol. The highest BCUT2D eigenvalue weighted by atomic mass is 16.5. The summed E-state index contributed by atoms with van der Waals surface area (Å²) in [6.07, 6.45) is 6.96. The van der Waals surface area contributed by atoms with E-state index in [-0.39, 0.29) is 0 Å². The third kappa shape index (κ3) is 6.51. The Labute approximate surface area is 157 Å². The Hall–Kier alpha value is -2.36. The first kappa shape index (κ1) is 20.0. The van der Waals surface area contributed by atoms with Crippen molar-refractivity contribution in [1.29, 1.82) is 0 Å². The van der Waals surface area contributed by atoms with E-state index in [0.29, 0.717) is 0 Å². The summed E-state index contributed by atoms with van der Waals surface area (Å²) in [5, 5.41) is 0. The van der Waals surface area contributed by atoms with E-state index < -0.39 is 0 Å². The van der Waals surface area contributed by atoms with Gasteiger partial charge in [0, 0.05) is 11.8 Å². The number of nitrogens with two attached hydrogens (primary N) is 2. The lowest BCUT2D eigenvalue weighted by molar-refractivity contribution is 0.297. The van der Waals surface area contributed by atoms with E-state index >= 15 is 0 Å². The first-order valence-electron chi connectivity index (χ1n) is 9.54. The largest absolute Gasteiger partial charge is 0.494 e. The lowest BCUT2D eigenvalue weighted by atomic mass is 10.1. The minimum Gasteiger partial charge on any atom is -0.494 e. The Kier molecular flexibility index (Phi) is 8.13. The van der Waals surface area contributed by atoms with Gasteiger partial charge in [-0.05, 0) is 49.9 Å². The smallest absolute Gasteiger partial charge is 0.142 e. The summed E-state index contributed by atoms with van der Waals surface area (Å²) in [6, 6.07) is 11.8. The number of rotatable bonds is 11. The lowest BCUT2D eigenvalue weighted by Gasteiger charge is -2.10. The highest BCUT2D eigenvalue weighted by molar-refractivity contribution is 5.57. The van der Waals surface area contributed by atoms with Crippen LogP contribution in [0.1, 0.15) is 49.7 Å². The molecule has 0 unspecified atom stereocenters. The highest BCUT2D eigenvalue weighted by Crippen LogP contribution is 2.24. The number of ether oxygens (including phenoxy) is 2. The van der Waals surface area contributed by atoms with Crippen LogP contribution < -0.4 is 20.9 Å². The van der Waals surface area contributed by atoms with Crippen LogP contribution in [0.15, 0.2) is 36.4 Å². The zero-order chi connectivity index (χ0) is 18.8. The Bertz CT molecular complexity index is 686. The molecule has 4 heteroatoms. The summed E-state index contributed by atoms with van der Waals surface area (Å²) in [7, 11) is 0. The molecular formula is C22H32N2O2. The molecule has 4 nitrogen and oxygen atoms in total. The fourth-order valence-electron chi connectivity index (χ4n) is 2.77. The zero-order valence-electron chi connectivity index (χ0n) is 16.1. The quantitative estimate of drug-likeness (QED) is 0.425. The average molecular weight is 357 g/mol. The number of anilines is 2. The SMILES string of the molecule is Cc1ccc(OCCCCCCCCOc2cccc(C)c2N)cc1N. The van der Waals surface area contributed by atoms with Gasteiger partial charge in [0.1, 0.15) is 11.5 Å². The molecule has 2 aromatic rings. The average Bonchev–Trinajstić information content (AvgIpc) is 2.63. The van der Waals surface area contributed by atoms with Crippen LogP contribution in [0.3, 0.4) is 0 Å². The maximum absolute atomic E-state index is 6.01. The zero-order valence-corrected chi connectivity index (χ0v) is 16.1. The van der Waals surface area contributed by atoms with E-state index in [1.807, 2.05) is 50.2 Å². The second-order valence-corrected chi connectivity index (χ2v) is 6.82. The van der Waals surface area contributed by atoms with E-state index in [4.69, 9.17) is 20.9 Å². The molecule has 0 aliphatic heterocycles. The van der Waals surface area contributed by atoms with Crippen molar-refractivity contribution in [3.05, 3.63) is 47.5 Å². The van der Waals surface area contributed by atoms with E-state index in [0.717, 1.165) is 60.1 Å². The third-order valence-electron chi connectivity index (χ3n) is 4.60. The Balaban J connectivity index is 1.47. The topological polar surface area (TPSA) is 70.5 Å². The van der Waals surface area contributed by atoms with Crippen molar-refractivity contribution in [2.24, 2.45) is 0 Å². The molecule has 0 aliphatic carbocycles. The van der Waals surface area contributed by atoms with Gasteiger partial charge in [0.2, 0.25) is 0 Å². The van der Waals surface area contributed by atoms with Crippen molar-refractivity contribution in [2.45, 2.75) is 52.4 Å². The van der Waals surface area contributed by atoms with Crippen molar-refractivity contribution in [3.8, 4) is 11.5 Å². The Morgan fingerprint density at radius 1 is 0.731 bits per heavy atom. The lowest BCUT2D eigenvalue weighted by Crippen LogP contribution is -2.01. The molecule has 0 atom stereocenters. The number of nitrogen functional groups attached to an aromatic ring is 2. The van der Waals surface area contributed by atoms with E-state index in [2.05, 4.69) is 0 Å². The van der Waals surface area contributed by atoms with Gasteiger partial charge in [0.15, 0.2) is 0 Å². The molecule has 0 aromatic heterocycles. The molecule has 0 saturated heterocycles. The predicted molar refractivity (Wildman–Crippen MR) is 110 cm³/mol. The number of para-hydroxylation sites is 1. The summed E-state index contributed by atoms with van der Waals surface area (Å²) in [5.41, 5.74) is 15.6. The van der Waals surface area contributed by atoms with Crippen LogP contribution in [0.2, 0.25) is 0 Å². The van der Waals surface area contributed by atoms with Gasteiger partial charge in [0.05, 0.1) is 18.9 Å². The van der Waals surface area contributed by atoms with Crippen LogP contribution in [-0.4, -0.2) is 13.2 Å². The van der Waals surface area contributed by atoms with Crippen molar-refractivity contribution in [1.82, 2.24) is 0 Å². The van der Waals surface area contributed by atoms with Gasteiger partial charge >= 0.3 is 0 Å². The maximum atomic E-state index is 6.01. The monoisotopic (exact) mass is 356 g/mol. The summed E-state index contributed by atoms with van der Waals surface area (Å²) in [5.74, 6) is 1.67. The van der Waals surface area contributed by atoms with Crippen LogP contribution in [0.5, 0.6) is 11.5 Å². The summed E-state index contributed by atoms with van der Waals surface area (Å²) >= 11 is 0. The van der Waals surface area contributed by atoms with Gasteiger partial charge in [-0.25, -0.2) is 0 Å². The van der Waals surface area contributed by atoms with Crippen molar-refractivity contribution in [2.75, 3.05) is 24.7 Å². The molecule has 0 bridgehead atoms. The molecule has 0 saturated carbocycles. The van der Waals surface area contributed by atoms with Crippen LogP contribution in [0, 0.1) is 13.8 Å². The molecule has 0 aliphatic rings. The van der Waals surface area contributed by atoms with E-state index in [1.165, 1.54) is 25.7 Å². The number of hydrogen-bond donors (Lipinski definition) is 2. The van der Waals surface area contributed by atoms with Crippen molar-refractivity contribution >= 4 is 11.4 Å². The van der Waals surface area contributed by atoms with Gasteiger partial charge in [-0.3, -0.25) is 0 Å². The molecule has 0 radical (unpaired) electrons. The van der Waals surface area contributed by atoms with E-state index in [9.17, 15) is 0 Å². The first-order valence-corrected chi connectivity index (χ1v) is 9.54. The van der Waals surface area contributed by atoms with Gasteiger partial charge in [-0.15, -0.1) is 0 Å². The molecule has 2 rings (SSSR count). The molecule has 0 spiro atoms. The molecule has 4 N–H and O–H groups in total. The van der Waals surface area contributed by atoms with E-state index in [1.54, 1.807) is 0 Å². The first-order chi connectivity index (χ1) is 12.6. The molecule has 26 heavy (non-hydrogen) atoms. The second kappa shape index (κ2) is 10.6. The molecule has 2 aromatic carbocycles. The van der Waals surface area contributed by atoms with Gasteiger partial charge in [0.25, 0.3) is 0 Å². The Morgan fingerprint density at radius 2 is 1.38 bits per heavy atom. The normalized spacial score (nSPS) is 10.7. The second-order valence-electron chi connectivity index (χ2n) is 6.82. The molecule has 0 amide bonds. The minimum atomic E-state index is 0.728. The summed E-state index contributed by atoms with van der Waals surface area (Å²) in [6.45, 7) is 5.48. The molecule has 142 valence electrons. The minimum absolute atomic E-state index is 0.728. The number of benzene rings is 2. The standard InChI is InChI=1S/C22H32N2O2/c1-17-12-13-19(16-20(17)23)25-14-7-5-3-4-6-8-15-26-21-11-9-10-18(2)22(21)24/h9-13,16H,3-8,14-15,23-24H2,1-2H3. The molecule has 0 heterocycles. The van der Waals surface area contributed by atoms with Crippen molar-refractivity contribution < 1.29 is 9.47 Å².